The summed E-state index contributed by atoms with van der Waals surface area (Å²) in [4.78, 5) is 12.3. The van der Waals surface area contributed by atoms with Crippen LogP contribution < -0.4 is 5.32 Å². The lowest BCUT2D eigenvalue weighted by Gasteiger charge is -2.06. The average molecular weight is 458 g/mol. The van der Waals surface area contributed by atoms with Crippen molar-refractivity contribution in [3.8, 4) is 22.5 Å². The summed E-state index contributed by atoms with van der Waals surface area (Å²) < 4.78 is 26.3. The van der Waals surface area contributed by atoms with Crippen LogP contribution in [0.25, 0.3) is 22.5 Å². The monoisotopic (exact) mass is 457 g/mol. The topological polar surface area (TPSA) is 57.8 Å². The summed E-state index contributed by atoms with van der Waals surface area (Å²) in [5.41, 5.74) is 3.92. The van der Waals surface area contributed by atoms with Crippen LogP contribution in [0.1, 0.15) is 15.9 Å². The quantitative estimate of drug-likeness (QED) is 0.371. The van der Waals surface area contributed by atoms with Gasteiger partial charge in [-0.15, -0.1) is 0 Å². The molecule has 0 saturated carbocycles. The number of amides is 1. The molecular formula is C23H15Cl2F2N3O. The lowest BCUT2D eigenvalue weighted by atomic mass is 10.1. The van der Waals surface area contributed by atoms with Crippen LogP contribution in [0.3, 0.4) is 0 Å². The summed E-state index contributed by atoms with van der Waals surface area (Å²) in [6.45, 7) is 0.0857. The molecule has 0 saturated heterocycles. The molecule has 0 aliphatic rings. The summed E-state index contributed by atoms with van der Waals surface area (Å²) in [5, 5.41) is 11.0. The fourth-order valence-electron chi connectivity index (χ4n) is 3.04. The van der Waals surface area contributed by atoms with Crippen LogP contribution in [-0.4, -0.2) is 16.1 Å². The second-order valence-corrected chi connectivity index (χ2v) is 7.64. The average Bonchev–Trinajstić information content (AvgIpc) is 3.24. The minimum absolute atomic E-state index is 0.0857. The largest absolute Gasteiger partial charge is 0.348 e. The van der Waals surface area contributed by atoms with Crippen molar-refractivity contribution >= 4 is 29.1 Å². The first kappa shape index (κ1) is 21.0. The highest BCUT2D eigenvalue weighted by molar-refractivity contribution is 6.36. The third-order valence-electron chi connectivity index (χ3n) is 4.68. The van der Waals surface area contributed by atoms with Crippen molar-refractivity contribution in [1.29, 1.82) is 0 Å². The van der Waals surface area contributed by atoms with Crippen LogP contribution in [0.5, 0.6) is 0 Å². The number of benzene rings is 3. The maximum atomic E-state index is 13.3. The van der Waals surface area contributed by atoms with Crippen LogP contribution in [-0.2, 0) is 6.54 Å². The second kappa shape index (κ2) is 8.88. The Balaban J connectivity index is 1.45. The Bertz CT molecular complexity index is 1260. The molecule has 156 valence electrons. The number of aromatic nitrogens is 2. The van der Waals surface area contributed by atoms with Crippen molar-refractivity contribution < 1.29 is 13.6 Å². The molecule has 0 fully saturated rings. The van der Waals surface area contributed by atoms with Gasteiger partial charge < -0.3 is 5.32 Å². The van der Waals surface area contributed by atoms with Crippen molar-refractivity contribution in [2.45, 2.75) is 6.54 Å². The second-order valence-electron chi connectivity index (χ2n) is 6.80. The number of nitrogens with one attached hydrogen (secondary N) is 2. The van der Waals surface area contributed by atoms with Crippen molar-refractivity contribution in [3.05, 3.63) is 99.5 Å². The Kier molecular flexibility index (Phi) is 6.02. The highest BCUT2D eigenvalue weighted by Gasteiger charge is 2.11. The molecule has 8 heteroatoms. The van der Waals surface area contributed by atoms with Gasteiger partial charge in [-0.3, -0.25) is 9.89 Å². The van der Waals surface area contributed by atoms with E-state index in [1.54, 1.807) is 36.4 Å². The number of hydrogen-bond donors (Lipinski definition) is 2. The molecule has 0 atom stereocenters. The summed E-state index contributed by atoms with van der Waals surface area (Å²) in [6.07, 6.45) is 0. The first-order chi connectivity index (χ1) is 14.9. The number of aromatic amines is 1. The fraction of sp³-hybridized carbons (Fsp3) is 0.0435. The Hall–Kier alpha value is -3.22. The third-order valence-corrected chi connectivity index (χ3v) is 5.23. The number of H-pyrrole nitrogens is 1. The van der Waals surface area contributed by atoms with Crippen molar-refractivity contribution in [2.24, 2.45) is 0 Å². The molecule has 1 heterocycles. The summed E-state index contributed by atoms with van der Waals surface area (Å²) >= 11 is 12.2. The number of carbonyl (C=O) groups excluding carboxylic acids is 1. The number of rotatable bonds is 5. The molecule has 0 spiro atoms. The van der Waals surface area contributed by atoms with Crippen LogP contribution in [0.2, 0.25) is 10.0 Å². The number of nitrogens with zero attached hydrogens (tertiary/aromatic N) is 1. The van der Waals surface area contributed by atoms with E-state index in [2.05, 4.69) is 15.5 Å². The van der Waals surface area contributed by atoms with Gasteiger partial charge >= 0.3 is 0 Å². The van der Waals surface area contributed by atoms with Crippen molar-refractivity contribution in [1.82, 2.24) is 15.5 Å². The van der Waals surface area contributed by atoms with E-state index in [1.165, 1.54) is 6.07 Å². The number of halogens is 4. The van der Waals surface area contributed by atoms with Gasteiger partial charge in [-0.1, -0.05) is 41.4 Å². The fourth-order valence-corrected chi connectivity index (χ4v) is 3.55. The normalized spacial score (nSPS) is 10.8. The molecule has 0 radical (unpaired) electrons. The van der Waals surface area contributed by atoms with Gasteiger partial charge in [-0.2, -0.15) is 5.10 Å². The van der Waals surface area contributed by atoms with E-state index >= 15 is 0 Å². The molecule has 2 N–H and O–H groups in total. The van der Waals surface area contributed by atoms with E-state index < -0.39 is 11.6 Å². The highest BCUT2D eigenvalue weighted by atomic mass is 35.5. The molecule has 3 aromatic carbocycles. The minimum Gasteiger partial charge on any atom is -0.348 e. The zero-order chi connectivity index (χ0) is 22.0. The molecule has 31 heavy (non-hydrogen) atoms. The molecule has 0 unspecified atom stereocenters. The van der Waals surface area contributed by atoms with Gasteiger partial charge in [0.1, 0.15) is 0 Å². The lowest BCUT2D eigenvalue weighted by molar-refractivity contribution is 0.0951. The summed E-state index contributed by atoms with van der Waals surface area (Å²) in [6, 6.07) is 17.5. The number of carbonyl (C=O) groups is 1. The van der Waals surface area contributed by atoms with E-state index in [0.717, 1.165) is 29.0 Å². The lowest BCUT2D eigenvalue weighted by Crippen LogP contribution is -2.22. The first-order valence-corrected chi connectivity index (χ1v) is 10.00. The molecule has 0 bridgehead atoms. The van der Waals surface area contributed by atoms with Crippen molar-refractivity contribution in [2.75, 3.05) is 0 Å². The molecular weight excluding hydrogens is 443 g/mol. The number of hydrogen-bond acceptors (Lipinski definition) is 2. The Labute approximate surface area is 186 Å². The highest BCUT2D eigenvalue weighted by Crippen LogP contribution is 2.31. The van der Waals surface area contributed by atoms with E-state index in [0.29, 0.717) is 26.9 Å². The van der Waals surface area contributed by atoms with Crippen LogP contribution >= 0.6 is 23.2 Å². The molecule has 4 nitrogen and oxygen atoms in total. The summed E-state index contributed by atoms with van der Waals surface area (Å²) in [5.74, 6) is -2.20. The molecule has 1 aromatic heterocycles. The zero-order valence-corrected chi connectivity index (χ0v) is 17.4. The van der Waals surface area contributed by atoms with Crippen LogP contribution in [0, 0.1) is 11.6 Å². The summed E-state index contributed by atoms with van der Waals surface area (Å²) in [7, 11) is 0. The van der Waals surface area contributed by atoms with E-state index in [9.17, 15) is 13.6 Å². The van der Waals surface area contributed by atoms with E-state index in [-0.39, 0.29) is 12.5 Å². The van der Waals surface area contributed by atoms with E-state index in [4.69, 9.17) is 23.2 Å². The Morgan fingerprint density at radius 3 is 2.42 bits per heavy atom. The Morgan fingerprint density at radius 2 is 1.71 bits per heavy atom. The van der Waals surface area contributed by atoms with Crippen LogP contribution in [0.15, 0.2) is 66.7 Å². The molecule has 4 aromatic rings. The third kappa shape index (κ3) is 4.76. The molecule has 1 amide bonds. The predicted octanol–water partition coefficient (Wildman–Crippen LogP) is 6.26. The molecule has 0 aliphatic carbocycles. The van der Waals surface area contributed by atoms with Crippen molar-refractivity contribution in [3.63, 3.8) is 0 Å². The van der Waals surface area contributed by atoms with Gasteiger partial charge in [0.2, 0.25) is 0 Å². The molecule has 4 rings (SSSR count). The van der Waals surface area contributed by atoms with Gasteiger partial charge in [0.15, 0.2) is 11.6 Å². The minimum atomic E-state index is -0.950. The van der Waals surface area contributed by atoms with Gasteiger partial charge in [-0.25, -0.2) is 8.78 Å². The standard InChI is InChI=1S/C23H15Cl2F2N3O/c24-16-6-7-17(18(25)10-16)22-11-21(29-30-22)14-2-4-15(5-3-14)23(31)28-12-13-1-8-19(26)20(27)9-13/h1-11H,12H2,(H,28,31)(H,29,30). The van der Waals surface area contributed by atoms with Gasteiger partial charge in [0, 0.05) is 28.3 Å². The maximum Gasteiger partial charge on any atom is 0.251 e. The zero-order valence-electron chi connectivity index (χ0n) is 15.9. The maximum absolute atomic E-state index is 13.3. The van der Waals surface area contributed by atoms with Gasteiger partial charge in [-0.05, 0) is 54.1 Å². The van der Waals surface area contributed by atoms with Crippen LogP contribution in [0.4, 0.5) is 8.78 Å². The van der Waals surface area contributed by atoms with Gasteiger partial charge in [0.25, 0.3) is 5.91 Å². The smallest absolute Gasteiger partial charge is 0.251 e. The predicted molar refractivity (Wildman–Crippen MR) is 117 cm³/mol. The SMILES string of the molecule is O=C(NCc1ccc(F)c(F)c1)c1ccc(-c2cc(-c3ccc(Cl)cc3Cl)[nH]n2)cc1. The first-order valence-electron chi connectivity index (χ1n) is 9.24. The van der Waals surface area contributed by atoms with E-state index in [1.807, 2.05) is 12.1 Å². The van der Waals surface area contributed by atoms with Gasteiger partial charge in [0.05, 0.1) is 16.4 Å². The Morgan fingerprint density at radius 1 is 0.935 bits per heavy atom. The molecule has 0 aliphatic heterocycles.